The predicted molar refractivity (Wildman–Crippen MR) is 47.1 cm³/mol. The first-order chi connectivity index (χ1) is 4.74. The Labute approximate surface area is 67.5 Å². The molecule has 0 saturated carbocycles. The molecule has 3 heteroatoms. The zero-order valence-corrected chi connectivity index (χ0v) is 7.74. The smallest absolute Gasteiger partial charge is 0.0447 e. The van der Waals surface area contributed by atoms with E-state index in [1.165, 1.54) is 13.1 Å². The largest absolute Gasteiger partial charge is 0.299 e. The second-order valence-corrected chi connectivity index (χ2v) is 4.30. The fourth-order valence-corrected chi connectivity index (χ4v) is 2.00. The second kappa shape index (κ2) is 3.60. The van der Waals surface area contributed by atoms with Crippen molar-refractivity contribution in [2.24, 2.45) is 0 Å². The summed E-state index contributed by atoms with van der Waals surface area (Å²) >= 11 is 1.85. The Hall–Kier alpha value is 0.270. The Morgan fingerprint density at radius 2 is 2.10 bits per heavy atom. The van der Waals surface area contributed by atoms with Crippen molar-refractivity contribution in [1.29, 1.82) is 0 Å². The summed E-state index contributed by atoms with van der Waals surface area (Å²) in [5.74, 6) is 0. The van der Waals surface area contributed by atoms with Crippen LogP contribution in [0.1, 0.15) is 13.8 Å². The molecule has 1 rings (SSSR count). The molecule has 1 heterocycles. The van der Waals surface area contributed by atoms with E-state index in [-0.39, 0.29) is 0 Å². The monoisotopic (exact) mass is 160 g/mol. The van der Waals surface area contributed by atoms with Gasteiger partial charge in [-0.1, -0.05) is 11.9 Å². The maximum atomic E-state index is 3.12. The molecule has 0 aromatic carbocycles. The molecule has 0 radical (unpaired) electrons. The van der Waals surface area contributed by atoms with E-state index in [4.69, 9.17) is 0 Å². The van der Waals surface area contributed by atoms with Gasteiger partial charge in [-0.3, -0.25) is 9.62 Å². The number of nitrogens with zero attached hydrogens (tertiary/aromatic N) is 1. The maximum absolute atomic E-state index is 3.12. The highest BCUT2D eigenvalue weighted by Crippen LogP contribution is 2.20. The Morgan fingerprint density at radius 3 is 2.50 bits per heavy atom. The van der Waals surface area contributed by atoms with E-state index in [1.54, 1.807) is 0 Å². The molecule has 1 aliphatic rings. The number of nitrogens with one attached hydrogen (secondary N) is 1. The van der Waals surface area contributed by atoms with Gasteiger partial charge in [-0.25, -0.2) is 0 Å². The van der Waals surface area contributed by atoms with E-state index >= 15 is 0 Å². The standard InChI is InChI=1S/C7H16N2S/c1-6(2)9-4-7(5-9)10-8-3/h6-8H,4-5H2,1-3H3. The van der Waals surface area contributed by atoms with E-state index < -0.39 is 0 Å². The second-order valence-electron chi connectivity index (χ2n) is 2.99. The highest BCUT2D eigenvalue weighted by molar-refractivity contribution is 7.98. The molecule has 60 valence electrons. The zero-order chi connectivity index (χ0) is 7.56. The van der Waals surface area contributed by atoms with Crippen molar-refractivity contribution in [2.75, 3.05) is 20.1 Å². The Bertz CT molecular complexity index is 99.8. The van der Waals surface area contributed by atoms with Crippen molar-refractivity contribution >= 4 is 11.9 Å². The summed E-state index contributed by atoms with van der Waals surface area (Å²) in [7, 11) is 1.99. The third-order valence-corrected chi connectivity index (χ3v) is 2.76. The minimum Gasteiger partial charge on any atom is -0.299 e. The summed E-state index contributed by atoms with van der Waals surface area (Å²) in [6.45, 7) is 7.01. The van der Waals surface area contributed by atoms with Gasteiger partial charge in [-0.15, -0.1) is 0 Å². The molecule has 0 amide bonds. The van der Waals surface area contributed by atoms with Gasteiger partial charge in [-0.05, 0) is 20.9 Å². The fraction of sp³-hybridized carbons (Fsp3) is 1.00. The first-order valence-corrected chi connectivity index (χ1v) is 4.68. The van der Waals surface area contributed by atoms with Gasteiger partial charge in [0, 0.05) is 24.4 Å². The first kappa shape index (κ1) is 8.37. The number of hydrogen-bond donors (Lipinski definition) is 1. The molecule has 0 aliphatic carbocycles. The van der Waals surface area contributed by atoms with Crippen LogP contribution in [0.5, 0.6) is 0 Å². The lowest BCUT2D eigenvalue weighted by Crippen LogP contribution is -2.52. The number of hydrogen-bond acceptors (Lipinski definition) is 3. The Balaban J connectivity index is 2.06. The lowest BCUT2D eigenvalue weighted by molar-refractivity contribution is 0.146. The van der Waals surface area contributed by atoms with E-state index in [2.05, 4.69) is 23.5 Å². The van der Waals surface area contributed by atoms with Crippen LogP contribution in [0.2, 0.25) is 0 Å². The molecule has 0 unspecified atom stereocenters. The van der Waals surface area contributed by atoms with E-state index in [1.807, 2.05) is 19.0 Å². The van der Waals surface area contributed by atoms with Crippen LogP contribution in [0.15, 0.2) is 0 Å². The maximum Gasteiger partial charge on any atom is 0.0447 e. The average molecular weight is 160 g/mol. The van der Waals surface area contributed by atoms with Crippen molar-refractivity contribution in [3.63, 3.8) is 0 Å². The molecule has 0 bridgehead atoms. The van der Waals surface area contributed by atoms with Gasteiger partial charge in [0.05, 0.1) is 0 Å². The van der Waals surface area contributed by atoms with Crippen molar-refractivity contribution in [2.45, 2.75) is 25.1 Å². The van der Waals surface area contributed by atoms with Crippen LogP contribution in [0.3, 0.4) is 0 Å². The molecule has 1 fully saturated rings. The molecular formula is C7H16N2S. The van der Waals surface area contributed by atoms with Gasteiger partial charge in [0.1, 0.15) is 0 Å². The van der Waals surface area contributed by atoms with E-state index in [9.17, 15) is 0 Å². The van der Waals surface area contributed by atoms with Crippen LogP contribution < -0.4 is 4.72 Å². The normalized spacial score (nSPS) is 21.6. The molecule has 0 aromatic heterocycles. The SMILES string of the molecule is CNSC1CN(C(C)C)C1. The first-order valence-electron chi connectivity index (χ1n) is 3.80. The van der Waals surface area contributed by atoms with Crippen LogP contribution >= 0.6 is 11.9 Å². The average Bonchev–Trinajstić information content (AvgIpc) is 1.76. The molecule has 1 aliphatic heterocycles. The summed E-state index contributed by atoms with van der Waals surface area (Å²) in [5.41, 5.74) is 0. The minimum atomic E-state index is 0.730. The van der Waals surface area contributed by atoms with Crippen molar-refractivity contribution in [3.8, 4) is 0 Å². The predicted octanol–water partition coefficient (Wildman–Crippen LogP) is 0.947. The van der Waals surface area contributed by atoms with Crippen molar-refractivity contribution in [1.82, 2.24) is 9.62 Å². The summed E-state index contributed by atoms with van der Waals surface area (Å²) in [6.07, 6.45) is 0. The molecule has 0 spiro atoms. The van der Waals surface area contributed by atoms with Crippen LogP contribution in [0, 0.1) is 0 Å². The van der Waals surface area contributed by atoms with Gasteiger partial charge in [0.15, 0.2) is 0 Å². The van der Waals surface area contributed by atoms with Gasteiger partial charge < -0.3 is 0 Å². The minimum absolute atomic E-state index is 0.730. The molecule has 10 heavy (non-hydrogen) atoms. The lowest BCUT2D eigenvalue weighted by Gasteiger charge is -2.41. The highest BCUT2D eigenvalue weighted by atomic mass is 32.2. The molecule has 1 saturated heterocycles. The molecule has 0 atom stereocenters. The third-order valence-electron chi connectivity index (χ3n) is 1.89. The van der Waals surface area contributed by atoms with Crippen molar-refractivity contribution in [3.05, 3.63) is 0 Å². The summed E-state index contributed by atoms with van der Waals surface area (Å²) in [5, 5.41) is 0.826. The third kappa shape index (κ3) is 1.87. The van der Waals surface area contributed by atoms with Crippen LogP contribution in [-0.2, 0) is 0 Å². The van der Waals surface area contributed by atoms with Crippen LogP contribution in [0.25, 0.3) is 0 Å². The quantitative estimate of drug-likeness (QED) is 0.619. The summed E-state index contributed by atoms with van der Waals surface area (Å²) in [6, 6.07) is 0.730. The molecule has 2 nitrogen and oxygen atoms in total. The van der Waals surface area contributed by atoms with Crippen molar-refractivity contribution < 1.29 is 0 Å². The Kier molecular flexibility index (Phi) is 3.01. The van der Waals surface area contributed by atoms with Gasteiger partial charge in [0.25, 0.3) is 0 Å². The molecular weight excluding hydrogens is 144 g/mol. The van der Waals surface area contributed by atoms with Gasteiger partial charge >= 0.3 is 0 Å². The van der Waals surface area contributed by atoms with Crippen LogP contribution in [0.4, 0.5) is 0 Å². The molecule has 0 aromatic rings. The molecule has 1 N–H and O–H groups in total. The van der Waals surface area contributed by atoms with Gasteiger partial charge in [0.2, 0.25) is 0 Å². The topological polar surface area (TPSA) is 15.3 Å². The summed E-state index contributed by atoms with van der Waals surface area (Å²) < 4.78 is 3.12. The van der Waals surface area contributed by atoms with E-state index in [0.717, 1.165) is 11.3 Å². The fourth-order valence-electron chi connectivity index (χ4n) is 1.13. The van der Waals surface area contributed by atoms with Gasteiger partial charge in [-0.2, -0.15) is 0 Å². The highest BCUT2D eigenvalue weighted by Gasteiger charge is 2.28. The van der Waals surface area contributed by atoms with E-state index in [0.29, 0.717) is 0 Å². The zero-order valence-electron chi connectivity index (χ0n) is 6.92. The number of likely N-dealkylation sites (tertiary alicyclic amines) is 1. The lowest BCUT2D eigenvalue weighted by atomic mass is 10.1. The number of rotatable bonds is 3. The summed E-state index contributed by atoms with van der Waals surface area (Å²) in [4.78, 5) is 2.48. The Morgan fingerprint density at radius 1 is 1.50 bits per heavy atom. The van der Waals surface area contributed by atoms with Crippen LogP contribution in [-0.4, -0.2) is 36.3 Å².